The topological polar surface area (TPSA) is 37.2 Å². The summed E-state index contributed by atoms with van der Waals surface area (Å²) in [7, 11) is 2.01. The third kappa shape index (κ3) is 3.61. The lowest BCUT2D eigenvalue weighted by Gasteiger charge is -2.13. The summed E-state index contributed by atoms with van der Waals surface area (Å²) in [5.41, 5.74) is 2.43. The van der Waals surface area contributed by atoms with Crippen LogP contribution in [0.15, 0.2) is 42.7 Å². The Labute approximate surface area is 114 Å². The van der Waals surface area contributed by atoms with E-state index in [1.54, 1.807) is 12.1 Å². The second-order valence-corrected chi connectivity index (χ2v) is 4.92. The van der Waals surface area contributed by atoms with Gasteiger partial charge in [-0.3, -0.25) is 0 Å². The Balaban J connectivity index is 2.08. The van der Waals surface area contributed by atoms with E-state index in [9.17, 15) is 5.11 Å². The highest BCUT2D eigenvalue weighted by Crippen LogP contribution is 2.19. The van der Waals surface area contributed by atoms with Gasteiger partial charge in [-0.25, -0.2) is 0 Å². The Bertz CT molecular complexity index is 519. The highest BCUT2D eigenvalue weighted by molar-refractivity contribution is 5.28. The number of phenolic OH excluding ortho intramolecular Hbond substituents is 1. The first-order valence-corrected chi connectivity index (χ1v) is 6.83. The number of aromatic nitrogens is 1. The van der Waals surface area contributed by atoms with Gasteiger partial charge in [0, 0.05) is 25.0 Å². The van der Waals surface area contributed by atoms with Crippen LogP contribution >= 0.6 is 0 Å². The summed E-state index contributed by atoms with van der Waals surface area (Å²) in [4.78, 5) is 0. The molecule has 2 aromatic rings. The van der Waals surface area contributed by atoms with Crippen molar-refractivity contribution in [3.05, 3.63) is 53.9 Å². The molecule has 3 nitrogen and oxygen atoms in total. The van der Waals surface area contributed by atoms with Crippen LogP contribution in [0.1, 0.15) is 36.9 Å². The summed E-state index contributed by atoms with van der Waals surface area (Å²) in [5, 5.41) is 12.8. The van der Waals surface area contributed by atoms with Gasteiger partial charge in [-0.15, -0.1) is 0 Å². The number of rotatable bonds is 6. The number of aromatic hydroxyl groups is 1. The Morgan fingerprint density at radius 1 is 1.32 bits per heavy atom. The number of phenols is 1. The highest BCUT2D eigenvalue weighted by atomic mass is 16.3. The first kappa shape index (κ1) is 13.7. The van der Waals surface area contributed by atoms with E-state index >= 15 is 0 Å². The van der Waals surface area contributed by atoms with Gasteiger partial charge in [0.1, 0.15) is 5.75 Å². The lowest BCUT2D eigenvalue weighted by atomic mass is 10.1. The molecule has 0 aliphatic rings. The van der Waals surface area contributed by atoms with Gasteiger partial charge in [0.15, 0.2) is 0 Å². The molecular formula is C16H22N2O. The molecule has 0 aliphatic carbocycles. The molecule has 0 saturated heterocycles. The predicted octanol–water partition coefficient (Wildman–Crippen LogP) is 3.30. The van der Waals surface area contributed by atoms with E-state index in [1.165, 1.54) is 12.0 Å². The molecule has 1 heterocycles. The zero-order valence-corrected chi connectivity index (χ0v) is 11.6. The van der Waals surface area contributed by atoms with Crippen LogP contribution in [0.5, 0.6) is 5.75 Å². The van der Waals surface area contributed by atoms with Crippen LogP contribution in [0.25, 0.3) is 0 Å². The molecule has 19 heavy (non-hydrogen) atoms. The summed E-state index contributed by atoms with van der Waals surface area (Å²) in [6.07, 6.45) is 6.59. The maximum absolute atomic E-state index is 9.47. The molecule has 0 bridgehead atoms. The van der Waals surface area contributed by atoms with Gasteiger partial charge >= 0.3 is 0 Å². The fraction of sp³-hybridized carbons (Fsp3) is 0.375. The standard InChI is InChI=1S/C16H22N2O/c1-3-5-16(17-2)14-8-9-18(12-14)11-13-6-4-7-15(19)10-13/h4,6-10,12,16-17,19H,3,5,11H2,1-2H3. The Morgan fingerprint density at radius 3 is 2.84 bits per heavy atom. The summed E-state index contributed by atoms with van der Waals surface area (Å²) in [6, 6.07) is 10.0. The highest BCUT2D eigenvalue weighted by Gasteiger charge is 2.09. The summed E-state index contributed by atoms with van der Waals surface area (Å²) in [6.45, 7) is 2.99. The lowest BCUT2D eigenvalue weighted by molar-refractivity contribution is 0.474. The predicted molar refractivity (Wildman–Crippen MR) is 78.3 cm³/mol. The van der Waals surface area contributed by atoms with E-state index in [1.807, 2.05) is 19.2 Å². The van der Waals surface area contributed by atoms with Crippen LogP contribution in [0.4, 0.5) is 0 Å². The van der Waals surface area contributed by atoms with Crippen molar-refractivity contribution < 1.29 is 5.11 Å². The van der Waals surface area contributed by atoms with Gasteiger partial charge in [0.05, 0.1) is 0 Å². The first-order valence-electron chi connectivity index (χ1n) is 6.83. The molecule has 1 atom stereocenters. The minimum absolute atomic E-state index is 0.323. The summed E-state index contributed by atoms with van der Waals surface area (Å²) < 4.78 is 2.16. The van der Waals surface area contributed by atoms with E-state index < -0.39 is 0 Å². The van der Waals surface area contributed by atoms with Crippen molar-refractivity contribution in [3.63, 3.8) is 0 Å². The van der Waals surface area contributed by atoms with Crippen LogP contribution < -0.4 is 5.32 Å². The fourth-order valence-corrected chi connectivity index (χ4v) is 2.40. The van der Waals surface area contributed by atoms with Gasteiger partial charge < -0.3 is 15.0 Å². The zero-order chi connectivity index (χ0) is 13.7. The Kier molecular flexibility index (Phi) is 4.63. The normalized spacial score (nSPS) is 12.5. The number of nitrogens with zero attached hydrogens (tertiary/aromatic N) is 1. The molecule has 0 saturated carbocycles. The molecule has 2 rings (SSSR count). The average Bonchev–Trinajstić information content (AvgIpc) is 2.84. The third-order valence-corrected chi connectivity index (χ3v) is 3.38. The lowest BCUT2D eigenvalue weighted by Crippen LogP contribution is -2.15. The van der Waals surface area contributed by atoms with Crippen molar-refractivity contribution in [3.8, 4) is 5.75 Å². The molecule has 1 unspecified atom stereocenters. The van der Waals surface area contributed by atoms with E-state index in [4.69, 9.17) is 0 Å². The molecule has 0 amide bonds. The molecule has 3 heteroatoms. The molecule has 2 N–H and O–H groups in total. The molecular weight excluding hydrogens is 236 g/mol. The number of hydrogen-bond donors (Lipinski definition) is 2. The van der Waals surface area contributed by atoms with E-state index in [0.717, 1.165) is 18.5 Å². The van der Waals surface area contributed by atoms with Gasteiger partial charge in [0.2, 0.25) is 0 Å². The minimum atomic E-state index is 0.323. The fourth-order valence-electron chi connectivity index (χ4n) is 2.40. The van der Waals surface area contributed by atoms with Gasteiger partial charge in [-0.05, 0) is 42.8 Å². The van der Waals surface area contributed by atoms with Crippen LogP contribution in [-0.2, 0) is 6.54 Å². The SMILES string of the molecule is CCCC(NC)c1ccn(Cc2cccc(O)c2)c1. The van der Waals surface area contributed by atoms with E-state index in [2.05, 4.69) is 35.3 Å². The van der Waals surface area contributed by atoms with E-state index in [0.29, 0.717) is 11.8 Å². The molecule has 0 fully saturated rings. The van der Waals surface area contributed by atoms with Gasteiger partial charge in [-0.1, -0.05) is 25.5 Å². The Morgan fingerprint density at radius 2 is 2.16 bits per heavy atom. The smallest absolute Gasteiger partial charge is 0.115 e. The quantitative estimate of drug-likeness (QED) is 0.834. The molecule has 0 spiro atoms. The maximum Gasteiger partial charge on any atom is 0.115 e. The third-order valence-electron chi connectivity index (χ3n) is 3.38. The second kappa shape index (κ2) is 6.43. The van der Waals surface area contributed by atoms with Crippen molar-refractivity contribution in [1.29, 1.82) is 0 Å². The van der Waals surface area contributed by atoms with Crippen molar-refractivity contribution in [2.75, 3.05) is 7.05 Å². The number of hydrogen-bond acceptors (Lipinski definition) is 2. The largest absolute Gasteiger partial charge is 0.508 e. The summed E-state index contributed by atoms with van der Waals surface area (Å²) >= 11 is 0. The van der Waals surface area contributed by atoms with Crippen molar-refractivity contribution in [2.45, 2.75) is 32.4 Å². The van der Waals surface area contributed by atoms with Crippen LogP contribution in [-0.4, -0.2) is 16.7 Å². The minimum Gasteiger partial charge on any atom is -0.508 e. The van der Waals surface area contributed by atoms with Crippen LogP contribution in [0.3, 0.4) is 0 Å². The molecule has 0 aliphatic heterocycles. The van der Waals surface area contributed by atoms with E-state index in [-0.39, 0.29) is 0 Å². The molecule has 0 radical (unpaired) electrons. The number of nitrogens with one attached hydrogen (secondary N) is 1. The zero-order valence-electron chi connectivity index (χ0n) is 11.6. The molecule has 1 aromatic heterocycles. The van der Waals surface area contributed by atoms with Crippen LogP contribution in [0, 0.1) is 0 Å². The summed E-state index contributed by atoms with van der Waals surface area (Å²) in [5.74, 6) is 0.323. The molecule has 1 aromatic carbocycles. The molecule has 102 valence electrons. The first-order chi connectivity index (χ1) is 9.22. The van der Waals surface area contributed by atoms with Gasteiger partial charge in [-0.2, -0.15) is 0 Å². The maximum atomic E-state index is 9.47. The average molecular weight is 258 g/mol. The van der Waals surface area contributed by atoms with Crippen molar-refractivity contribution >= 4 is 0 Å². The second-order valence-electron chi connectivity index (χ2n) is 4.92. The van der Waals surface area contributed by atoms with Crippen LogP contribution in [0.2, 0.25) is 0 Å². The van der Waals surface area contributed by atoms with Crippen molar-refractivity contribution in [2.24, 2.45) is 0 Å². The Hall–Kier alpha value is -1.74. The van der Waals surface area contributed by atoms with Crippen molar-refractivity contribution in [1.82, 2.24) is 9.88 Å². The monoisotopic (exact) mass is 258 g/mol. The number of benzene rings is 1. The van der Waals surface area contributed by atoms with Gasteiger partial charge in [0.25, 0.3) is 0 Å².